The van der Waals surface area contributed by atoms with Crippen molar-refractivity contribution < 1.29 is 9.59 Å². The van der Waals surface area contributed by atoms with Gasteiger partial charge in [0.25, 0.3) is 0 Å². The highest BCUT2D eigenvalue weighted by Gasteiger charge is 2.06. The number of rotatable bonds is 6. The molecule has 0 aliphatic heterocycles. The lowest BCUT2D eigenvalue weighted by Gasteiger charge is -2.10. The summed E-state index contributed by atoms with van der Waals surface area (Å²) in [5.74, 6) is -0.322. The van der Waals surface area contributed by atoms with Crippen molar-refractivity contribution in [3.63, 3.8) is 0 Å². The van der Waals surface area contributed by atoms with Crippen molar-refractivity contribution in [2.24, 2.45) is 0 Å². The molecule has 0 saturated carbocycles. The summed E-state index contributed by atoms with van der Waals surface area (Å²) in [5, 5.41) is 9.41. The van der Waals surface area contributed by atoms with Crippen molar-refractivity contribution >= 4 is 52.1 Å². The van der Waals surface area contributed by atoms with Crippen molar-refractivity contribution in [2.75, 3.05) is 22.5 Å². The monoisotopic (exact) mass is 365 g/mol. The molecule has 5 nitrogen and oxygen atoms in total. The number of carbonyl (C=O) groups excluding carboxylic acids is 2. The van der Waals surface area contributed by atoms with E-state index in [-0.39, 0.29) is 18.4 Å². The molecule has 126 valence electrons. The molecule has 0 aliphatic carbocycles. The number of hydrogen-bond acceptors (Lipinski definition) is 3. The highest BCUT2D eigenvalue weighted by Crippen LogP contribution is 2.25. The van der Waals surface area contributed by atoms with E-state index in [9.17, 15) is 9.59 Å². The van der Waals surface area contributed by atoms with Crippen molar-refractivity contribution in [2.45, 2.75) is 13.3 Å². The first-order chi connectivity index (χ1) is 11.5. The van der Waals surface area contributed by atoms with Gasteiger partial charge in [-0.05, 0) is 36.4 Å². The molecular formula is C17H17Cl2N3O2. The van der Waals surface area contributed by atoms with Crippen molar-refractivity contribution in [3.05, 3.63) is 52.5 Å². The third kappa shape index (κ3) is 5.44. The molecular weight excluding hydrogens is 349 g/mol. The van der Waals surface area contributed by atoms with E-state index in [1.165, 1.54) is 0 Å². The fourth-order valence-corrected chi connectivity index (χ4v) is 2.41. The van der Waals surface area contributed by atoms with Gasteiger partial charge in [0, 0.05) is 22.8 Å². The van der Waals surface area contributed by atoms with Crippen LogP contribution in [0.1, 0.15) is 13.3 Å². The van der Waals surface area contributed by atoms with Crippen LogP contribution in [0.25, 0.3) is 0 Å². The molecule has 0 unspecified atom stereocenters. The predicted molar refractivity (Wildman–Crippen MR) is 98.9 cm³/mol. The van der Waals surface area contributed by atoms with E-state index in [1.807, 2.05) is 0 Å². The molecule has 0 spiro atoms. The third-order valence-electron chi connectivity index (χ3n) is 3.12. The molecule has 2 aromatic rings. The van der Waals surface area contributed by atoms with Crippen LogP contribution in [-0.4, -0.2) is 18.4 Å². The third-order valence-corrected chi connectivity index (χ3v) is 3.67. The zero-order valence-electron chi connectivity index (χ0n) is 13.0. The standard InChI is InChI=1S/C17H17Cl2N3O2/c1-2-16(23)21-12-4-3-5-13(9-12)22-17(24)10-20-15-7-6-11(18)8-14(15)19/h3-9,20H,2,10H2,1H3,(H,21,23)(H,22,24). The molecule has 0 heterocycles. The van der Waals surface area contributed by atoms with Gasteiger partial charge in [-0.3, -0.25) is 9.59 Å². The Balaban J connectivity index is 1.92. The SMILES string of the molecule is CCC(=O)Nc1cccc(NC(=O)CNc2ccc(Cl)cc2Cl)c1. The molecule has 2 rings (SSSR count). The van der Waals surface area contributed by atoms with E-state index in [2.05, 4.69) is 16.0 Å². The van der Waals surface area contributed by atoms with E-state index in [0.717, 1.165) is 0 Å². The van der Waals surface area contributed by atoms with Gasteiger partial charge in [0.2, 0.25) is 11.8 Å². The first-order valence-corrected chi connectivity index (χ1v) is 8.12. The number of hydrogen-bond donors (Lipinski definition) is 3. The second kappa shape index (κ2) is 8.57. The van der Waals surface area contributed by atoms with Gasteiger partial charge in [-0.25, -0.2) is 0 Å². The number of anilines is 3. The molecule has 0 aliphatic rings. The lowest BCUT2D eigenvalue weighted by atomic mass is 10.2. The molecule has 0 saturated heterocycles. The van der Waals surface area contributed by atoms with E-state index in [1.54, 1.807) is 49.4 Å². The second-order valence-corrected chi connectivity index (χ2v) is 5.85. The van der Waals surface area contributed by atoms with Crippen LogP contribution in [-0.2, 0) is 9.59 Å². The number of carbonyl (C=O) groups is 2. The van der Waals surface area contributed by atoms with Crippen LogP contribution in [0.5, 0.6) is 0 Å². The summed E-state index contributed by atoms with van der Waals surface area (Å²) in [6.45, 7) is 1.82. The Morgan fingerprint density at radius 1 is 0.958 bits per heavy atom. The first-order valence-electron chi connectivity index (χ1n) is 7.36. The minimum atomic E-state index is -0.236. The molecule has 2 aromatic carbocycles. The Kier molecular flexibility index (Phi) is 6.46. The first kappa shape index (κ1) is 18.1. The fourth-order valence-electron chi connectivity index (χ4n) is 1.94. The molecule has 0 aromatic heterocycles. The van der Waals surface area contributed by atoms with Gasteiger partial charge in [-0.15, -0.1) is 0 Å². The normalized spacial score (nSPS) is 10.1. The van der Waals surface area contributed by atoms with Crippen molar-refractivity contribution in [1.82, 2.24) is 0 Å². The topological polar surface area (TPSA) is 70.2 Å². The summed E-state index contributed by atoms with van der Waals surface area (Å²) in [5.41, 5.74) is 1.85. The van der Waals surface area contributed by atoms with Crippen molar-refractivity contribution in [1.29, 1.82) is 0 Å². The van der Waals surface area contributed by atoms with E-state index in [0.29, 0.717) is 33.5 Å². The molecule has 24 heavy (non-hydrogen) atoms. The summed E-state index contributed by atoms with van der Waals surface area (Å²) in [6.07, 6.45) is 0.391. The summed E-state index contributed by atoms with van der Waals surface area (Å²) in [7, 11) is 0. The summed E-state index contributed by atoms with van der Waals surface area (Å²) in [4.78, 5) is 23.4. The minimum absolute atomic E-state index is 0.0485. The molecule has 0 atom stereocenters. The average Bonchev–Trinajstić information content (AvgIpc) is 2.54. The van der Waals surface area contributed by atoms with Crippen LogP contribution in [0, 0.1) is 0 Å². The second-order valence-electron chi connectivity index (χ2n) is 5.01. The molecule has 3 N–H and O–H groups in total. The lowest BCUT2D eigenvalue weighted by Crippen LogP contribution is -2.22. The molecule has 0 radical (unpaired) electrons. The summed E-state index contributed by atoms with van der Waals surface area (Å²) >= 11 is 11.9. The Bertz CT molecular complexity index is 750. The maximum atomic E-state index is 12.0. The van der Waals surface area contributed by atoms with Crippen LogP contribution < -0.4 is 16.0 Å². The Morgan fingerprint density at radius 2 is 1.62 bits per heavy atom. The average molecular weight is 366 g/mol. The Labute approximate surface area is 150 Å². The summed E-state index contributed by atoms with van der Waals surface area (Å²) in [6, 6.07) is 11.9. The Hall–Kier alpha value is -2.24. The zero-order valence-corrected chi connectivity index (χ0v) is 14.5. The van der Waals surface area contributed by atoms with Crippen LogP contribution in [0.4, 0.5) is 17.1 Å². The molecule has 2 amide bonds. The fraction of sp³-hybridized carbons (Fsp3) is 0.176. The quantitative estimate of drug-likeness (QED) is 0.710. The highest BCUT2D eigenvalue weighted by molar-refractivity contribution is 6.36. The van der Waals surface area contributed by atoms with Gasteiger partial charge in [-0.1, -0.05) is 36.2 Å². The van der Waals surface area contributed by atoms with Gasteiger partial charge >= 0.3 is 0 Å². The van der Waals surface area contributed by atoms with Crippen LogP contribution >= 0.6 is 23.2 Å². The zero-order chi connectivity index (χ0) is 17.5. The van der Waals surface area contributed by atoms with Gasteiger partial charge < -0.3 is 16.0 Å². The largest absolute Gasteiger partial charge is 0.375 e. The van der Waals surface area contributed by atoms with Crippen LogP contribution in [0.15, 0.2) is 42.5 Å². The Morgan fingerprint density at radius 3 is 2.25 bits per heavy atom. The predicted octanol–water partition coefficient (Wildman–Crippen LogP) is 4.39. The van der Waals surface area contributed by atoms with E-state index in [4.69, 9.17) is 23.2 Å². The lowest BCUT2D eigenvalue weighted by molar-refractivity contribution is -0.116. The molecule has 7 heteroatoms. The maximum absolute atomic E-state index is 12.0. The number of benzene rings is 2. The van der Waals surface area contributed by atoms with Gasteiger partial charge in [0.15, 0.2) is 0 Å². The minimum Gasteiger partial charge on any atom is -0.375 e. The smallest absolute Gasteiger partial charge is 0.243 e. The number of nitrogens with one attached hydrogen (secondary N) is 3. The highest BCUT2D eigenvalue weighted by atomic mass is 35.5. The van der Waals surface area contributed by atoms with Gasteiger partial charge in [0.05, 0.1) is 17.3 Å². The van der Waals surface area contributed by atoms with Crippen LogP contribution in [0.3, 0.4) is 0 Å². The van der Waals surface area contributed by atoms with Crippen molar-refractivity contribution in [3.8, 4) is 0 Å². The van der Waals surface area contributed by atoms with E-state index < -0.39 is 0 Å². The number of halogens is 2. The molecule has 0 bridgehead atoms. The van der Waals surface area contributed by atoms with Gasteiger partial charge in [-0.2, -0.15) is 0 Å². The summed E-state index contributed by atoms with van der Waals surface area (Å²) < 4.78 is 0. The van der Waals surface area contributed by atoms with Gasteiger partial charge in [0.1, 0.15) is 0 Å². The maximum Gasteiger partial charge on any atom is 0.243 e. The number of amides is 2. The van der Waals surface area contributed by atoms with E-state index >= 15 is 0 Å². The van der Waals surface area contributed by atoms with Crippen LogP contribution in [0.2, 0.25) is 10.0 Å². The molecule has 0 fully saturated rings.